The molecule has 1 fully saturated rings. The molecule has 0 unspecified atom stereocenters. The van der Waals surface area contributed by atoms with Gasteiger partial charge in [-0.15, -0.1) is 0 Å². The van der Waals surface area contributed by atoms with Crippen molar-refractivity contribution in [2.45, 2.75) is 44.5 Å². The van der Waals surface area contributed by atoms with Gasteiger partial charge in [-0.1, -0.05) is 0 Å². The highest BCUT2D eigenvalue weighted by molar-refractivity contribution is 5.86. The minimum atomic E-state index is -4.44. The predicted octanol–water partition coefficient (Wildman–Crippen LogP) is 2.70. The molecule has 0 aromatic heterocycles. The van der Waals surface area contributed by atoms with Gasteiger partial charge in [-0.2, -0.15) is 13.2 Å². The Morgan fingerprint density at radius 3 is 2.57 bits per heavy atom. The molecule has 1 aliphatic rings. The molecular formula is C20H29F3N4O3. The van der Waals surface area contributed by atoms with Gasteiger partial charge in [0.1, 0.15) is 18.0 Å². The SMILES string of the molecule is CN=C(NCC(=O)N(C)CC(F)(F)F)NCc1ccc(OC)cc1OC1CCCC1. The smallest absolute Gasteiger partial charge is 0.406 e. The molecule has 1 saturated carbocycles. The van der Waals surface area contributed by atoms with Crippen molar-refractivity contribution in [3.63, 3.8) is 0 Å². The number of carbonyl (C=O) groups excluding carboxylic acids is 1. The number of amides is 1. The first-order valence-corrected chi connectivity index (χ1v) is 9.80. The third-order valence-corrected chi connectivity index (χ3v) is 4.79. The Morgan fingerprint density at radius 1 is 1.27 bits per heavy atom. The second kappa shape index (κ2) is 10.9. The predicted molar refractivity (Wildman–Crippen MR) is 108 cm³/mol. The number of carbonyl (C=O) groups is 1. The van der Waals surface area contributed by atoms with Gasteiger partial charge in [0, 0.05) is 32.3 Å². The Balaban J connectivity index is 1.93. The second-order valence-corrected chi connectivity index (χ2v) is 7.14. The van der Waals surface area contributed by atoms with Crippen molar-refractivity contribution in [2.75, 3.05) is 34.3 Å². The van der Waals surface area contributed by atoms with E-state index in [-0.39, 0.29) is 12.6 Å². The number of likely N-dealkylation sites (N-methyl/N-ethyl adjacent to an activating group) is 1. The second-order valence-electron chi connectivity index (χ2n) is 7.14. The minimum absolute atomic E-state index is 0.176. The lowest BCUT2D eigenvalue weighted by molar-refractivity contribution is -0.157. The lowest BCUT2D eigenvalue weighted by Gasteiger charge is -2.20. The van der Waals surface area contributed by atoms with E-state index in [1.54, 1.807) is 7.11 Å². The Kier molecular flexibility index (Phi) is 8.61. The molecule has 0 atom stereocenters. The molecule has 2 rings (SSSR count). The van der Waals surface area contributed by atoms with Crippen LogP contribution in [0.15, 0.2) is 23.2 Å². The highest BCUT2D eigenvalue weighted by Crippen LogP contribution is 2.30. The number of hydrogen-bond donors (Lipinski definition) is 2. The van der Waals surface area contributed by atoms with Gasteiger partial charge in [0.05, 0.1) is 19.8 Å². The first-order valence-electron chi connectivity index (χ1n) is 9.80. The Bertz CT molecular complexity index is 734. The van der Waals surface area contributed by atoms with E-state index in [1.807, 2.05) is 18.2 Å². The number of rotatable bonds is 8. The van der Waals surface area contributed by atoms with Crippen molar-refractivity contribution in [1.29, 1.82) is 0 Å². The Labute approximate surface area is 174 Å². The number of aliphatic imine (C=N–C) groups is 1. The van der Waals surface area contributed by atoms with Crippen molar-refractivity contribution in [2.24, 2.45) is 4.99 Å². The summed E-state index contributed by atoms with van der Waals surface area (Å²) in [6.07, 6.45) is 0.0662. The summed E-state index contributed by atoms with van der Waals surface area (Å²) >= 11 is 0. The number of methoxy groups -OCH3 is 1. The van der Waals surface area contributed by atoms with Crippen LogP contribution in [0.2, 0.25) is 0 Å². The number of nitrogens with one attached hydrogen (secondary N) is 2. The van der Waals surface area contributed by atoms with E-state index in [0.717, 1.165) is 38.3 Å². The molecule has 0 radical (unpaired) electrons. The van der Waals surface area contributed by atoms with Crippen molar-refractivity contribution in [3.8, 4) is 11.5 Å². The summed E-state index contributed by atoms with van der Waals surface area (Å²) in [6.45, 7) is -1.24. The highest BCUT2D eigenvalue weighted by atomic mass is 19.4. The summed E-state index contributed by atoms with van der Waals surface area (Å²) in [5, 5.41) is 5.79. The lowest BCUT2D eigenvalue weighted by atomic mass is 10.2. The van der Waals surface area contributed by atoms with E-state index in [2.05, 4.69) is 15.6 Å². The van der Waals surface area contributed by atoms with Crippen LogP contribution in [0, 0.1) is 0 Å². The molecule has 0 spiro atoms. The minimum Gasteiger partial charge on any atom is -0.497 e. The van der Waals surface area contributed by atoms with Gasteiger partial charge in [-0.25, -0.2) is 0 Å². The molecule has 1 amide bonds. The average Bonchev–Trinajstić information content (AvgIpc) is 3.20. The summed E-state index contributed by atoms with van der Waals surface area (Å²) in [5.74, 6) is 1.01. The van der Waals surface area contributed by atoms with Crippen LogP contribution >= 0.6 is 0 Å². The fourth-order valence-corrected chi connectivity index (χ4v) is 3.15. The average molecular weight is 430 g/mol. The zero-order chi connectivity index (χ0) is 22.1. The molecular weight excluding hydrogens is 401 g/mol. The molecule has 30 heavy (non-hydrogen) atoms. The van der Waals surface area contributed by atoms with E-state index in [9.17, 15) is 18.0 Å². The van der Waals surface area contributed by atoms with Crippen LogP contribution in [0.1, 0.15) is 31.2 Å². The van der Waals surface area contributed by atoms with E-state index in [0.29, 0.717) is 28.9 Å². The summed E-state index contributed by atoms with van der Waals surface area (Å²) in [7, 11) is 4.21. The number of nitrogens with zero attached hydrogens (tertiary/aromatic N) is 2. The zero-order valence-electron chi connectivity index (χ0n) is 17.5. The molecule has 1 aliphatic carbocycles. The van der Waals surface area contributed by atoms with E-state index < -0.39 is 18.6 Å². The maximum absolute atomic E-state index is 12.4. The van der Waals surface area contributed by atoms with E-state index in [4.69, 9.17) is 9.47 Å². The molecule has 7 nitrogen and oxygen atoms in total. The summed E-state index contributed by atoms with van der Waals surface area (Å²) in [5.41, 5.74) is 0.881. The van der Waals surface area contributed by atoms with Crippen LogP contribution in [0.3, 0.4) is 0 Å². The molecule has 0 saturated heterocycles. The first kappa shape index (κ1) is 23.6. The summed E-state index contributed by atoms with van der Waals surface area (Å²) in [6, 6.07) is 5.54. The molecule has 0 bridgehead atoms. The molecule has 2 N–H and O–H groups in total. The Hall–Kier alpha value is -2.65. The first-order chi connectivity index (χ1) is 14.2. The van der Waals surface area contributed by atoms with Gasteiger partial charge in [0.2, 0.25) is 5.91 Å². The van der Waals surface area contributed by atoms with Crippen molar-refractivity contribution < 1.29 is 27.4 Å². The molecule has 1 aromatic carbocycles. The lowest BCUT2D eigenvalue weighted by Crippen LogP contribution is -2.45. The number of halogens is 3. The Morgan fingerprint density at radius 2 is 1.97 bits per heavy atom. The van der Waals surface area contributed by atoms with Crippen LogP contribution < -0.4 is 20.1 Å². The largest absolute Gasteiger partial charge is 0.497 e. The summed E-state index contributed by atoms with van der Waals surface area (Å²) < 4.78 is 48.6. The van der Waals surface area contributed by atoms with E-state index in [1.165, 1.54) is 7.05 Å². The third-order valence-electron chi connectivity index (χ3n) is 4.79. The molecule has 0 aliphatic heterocycles. The van der Waals surface area contributed by atoms with Crippen molar-refractivity contribution in [1.82, 2.24) is 15.5 Å². The third kappa shape index (κ3) is 7.64. The van der Waals surface area contributed by atoms with Crippen LogP contribution in [-0.4, -0.2) is 63.3 Å². The highest BCUT2D eigenvalue weighted by Gasteiger charge is 2.31. The molecule has 10 heteroatoms. The van der Waals surface area contributed by atoms with Gasteiger partial charge in [-0.05, 0) is 37.8 Å². The van der Waals surface area contributed by atoms with Gasteiger partial charge in [-0.3, -0.25) is 9.79 Å². The topological polar surface area (TPSA) is 75.2 Å². The zero-order valence-corrected chi connectivity index (χ0v) is 17.5. The molecule has 0 heterocycles. The van der Waals surface area contributed by atoms with Gasteiger partial charge in [0.15, 0.2) is 5.96 Å². The number of benzene rings is 1. The van der Waals surface area contributed by atoms with Crippen molar-refractivity contribution in [3.05, 3.63) is 23.8 Å². The van der Waals surface area contributed by atoms with Crippen LogP contribution in [0.4, 0.5) is 13.2 Å². The van der Waals surface area contributed by atoms with Gasteiger partial charge >= 0.3 is 6.18 Å². The quantitative estimate of drug-likeness (QED) is 0.490. The van der Waals surface area contributed by atoms with E-state index >= 15 is 0 Å². The normalized spacial score (nSPS) is 15.1. The number of hydrogen-bond acceptors (Lipinski definition) is 4. The number of ether oxygens (including phenoxy) is 2. The molecule has 1 aromatic rings. The maximum Gasteiger partial charge on any atom is 0.406 e. The van der Waals surface area contributed by atoms with Crippen LogP contribution in [0.5, 0.6) is 11.5 Å². The fraction of sp³-hybridized carbons (Fsp3) is 0.600. The summed E-state index contributed by atoms with van der Waals surface area (Å²) in [4.78, 5) is 16.5. The number of guanidine groups is 1. The van der Waals surface area contributed by atoms with Gasteiger partial charge in [0.25, 0.3) is 0 Å². The number of alkyl halides is 3. The monoisotopic (exact) mass is 430 g/mol. The maximum atomic E-state index is 12.4. The molecule has 168 valence electrons. The van der Waals surface area contributed by atoms with Crippen molar-refractivity contribution >= 4 is 11.9 Å². The van der Waals surface area contributed by atoms with Crippen LogP contribution in [0.25, 0.3) is 0 Å². The fourth-order valence-electron chi connectivity index (χ4n) is 3.15. The van der Waals surface area contributed by atoms with Crippen LogP contribution in [-0.2, 0) is 11.3 Å². The van der Waals surface area contributed by atoms with Gasteiger partial charge < -0.3 is 25.0 Å². The standard InChI is InChI=1S/C20H29F3N4O3/c1-24-19(26-12-18(28)27(2)13-20(21,22)23)25-11-14-8-9-16(29-3)10-17(14)30-15-6-4-5-7-15/h8-10,15H,4-7,11-13H2,1-3H3,(H2,24,25,26).